The Kier molecular flexibility index (Phi) is 5.59. The third-order valence-corrected chi connectivity index (χ3v) is 3.03. The summed E-state index contributed by atoms with van der Waals surface area (Å²) in [4.78, 5) is 0. The minimum absolute atomic E-state index is 0.101. The Morgan fingerprint density at radius 3 is 2.45 bits per heavy atom. The summed E-state index contributed by atoms with van der Waals surface area (Å²) in [5.74, 6) is 0. The average Bonchev–Trinajstić information content (AvgIpc) is 2.26. The molecule has 0 aliphatic rings. The topological polar surface area (TPSA) is 32.3 Å². The number of halogens is 3. The average molecular weight is 289 g/mol. The first-order valence-electron chi connectivity index (χ1n) is 6.65. The van der Waals surface area contributed by atoms with Gasteiger partial charge in [0.2, 0.25) is 0 Å². The van der Waals surface area contributed by atoms with Gasteiger partial charge in [0.15, 0.2) is 0 Å². The standard InChI is InChI=1S/C15H22F3NO/c1-11(20)8-14(2,3)10-19-9-12-5-4-6-13(7-12)15(16,17)18/h4-7,11,19-20H,8-10H2,1-3H3. The van der Waals surface area contributed by atoms with Crippen LogP contribution in [-0.2, 0) is 12.7 Å². The van der Waals surface area contributed by atoms with Gasteiger partial charge in [0.25, 0.3) is 0 Å². The van der Waals surface area contributed by atoms with E-state index >= 15 is 0 Å². The molecule has 0 saturated carbocycles. The third kappa shape index (κ3) is 5.92. The molecular formula is C15H22F3NO. The van der Waals surface area contributed by atoms with E-state index in [0.717, 1.165) is 12.1 Å². The normalized spacial score (nSPS) is 14.3. The number of aliphatic hydroxyl groups excluding tert-OH is 1. The third-order valence-electron chi connectivity index (χ3n) is 3.03. The van der Waals surface area contributed by atoms with E-state index in [2.05, 4.69) is 5.32 Å². The summed E-state index contributed by atoms with van der Waals surface area (Å²) in [6.45, 7) is 6.77. The molecule has 1 unspecified atom stereocenters. The lowest BCUT2D eigenvalue weighted by Crippen LogP contribution is -2.31. The number of benzene rings is 1. The molecule has 1 aromatic carbocycles. The van der Waals surface area contributed by atoms with Crippen molar-refractivity contribution in [3.63, 3.8) is 0 Å². The summed E-state index contributed by atoms with van der Waals surface area (Å²) in [5.41, 5.74) is -0.122. The van der Waals surface area contributed by atoms with E-state index in [1.54, 1.807) is 13.0 Å². The Balaban J connectivity index is 2.54. The maximum Gasteiger partial charge on any atom is 0.416 e. The molecule has 0 saturated heterocycles. The minimum atomic E-state index is -4.30. The number of aliphatic hydroxyl groups is 1. The highest BCUT2D eigenvalue weighted by Crippen LogP contribution is 2.29. The van der Waals surface area contributed by atoms with Gasteiger partial charge in [-0.2, -0.15) is 13.2 Å². The van der Waals surface area contributed by atoms with E-state index < -0.39 is 11.7 Å². The highest BCUT2D eigenvalue weighted by atomic mass is 19.4. The van der Waals surface area contributed by atoms with Crippen LogP contribution in [-0.4, -0.2) is 17.8 Å². The molecule has 0 spiro atoms. The predicted octanol–water partition coefficient (Wildman–Crippen LogP) is 3.59. The van der Waals surface area contributed by atoms with Crippen molar-refractivity contribution in [2.45, 2.75) is 46.0 Å². The molecule has 0 heterocycles. The van der Waals surface area contributed by atoms with Crippen LogP contribution in [0.2, 0.25) is 0 Å². The first-order chi connectivity index (χ1) is 9.10. The molecule has 2 N–H and O–H groups in total. The van der Waals surface area contributed by atoms with Crippen LogP contribution < -0.4 is 5.32 Å². The molecule has 0 bridgehead atoms. The highest BCUT2D eigenvalue weighted by molar-refractivity contribution is 5.25. The Labute approximate surface area is 118 Å². The number of hydrogen-bond acceptors (Lipinski definition) is 2. The van der Waals surface area contributed by atoms with Gasteiger partial charge in [-0.15, -0.1) is 0 Å². The van der Waals surface area contributed by atoms with Crippen LogP contribution in [0.5, 0.6) is 0 Å². The van der Waals surface area contributed by atoms with Crippen molar-refractivity contribution in [1.29, 1.82) is 0 Å². The van der Waals surface area contributed by atoms with Gasteiger partial charge in [0.1, 0.15) is 0 Å². The van der Waals surface area contributed by atoms with Gasteiger partial charge in [0, 0.05) is 13.1 Å². The first-order valence-corrected chi connectivity index (χ1v) is 6.65. The van der Waals surface area contributed by atoms with Crippen LogP contribution in [0.3, 0.4) is 0 Å². The zero-order chi connectivity index (χ0) is 15.4. The van der Waals surface area contributed by atoms with Crippen LogP contribution in [0.1, 0.15) is 38.3 Å². The summed E-state index contributed by atoms with van der Waals surface area (Å²) in [7, 11) is 0. The second-order valence-corrected chi connectivity index (χ2v) is 6.02. The second-order valence-electron chi connectivity index (χ2n) is 6.02. The van der Waals surface area contributed by atoms with E-state index in [1.807, 2.05) is 13.8 Å². The fourth-order valence-corrected chi connectivity index (χ4v) is 2.27. The number of rotatable bonds is 6. The van der Waals surface area contributed by atoms with Gasteiger partial charge < -0.3 is 10.4 Å². The smallest absolute Gasteiger partial charge is 0.393 e. The molecule has 20 heavy (non-hydrogen) atoms. The summed E-state index contributed by atoms with van der Waals surface area (Å²) < 4.78 is 37.7. The SMILES string of the molecule is CC(O)CC(C)(C)CNCc1cccc(C(F)(F)F)c1. The molecule has 0 radical (unpaired) electrons. The van der Waals surface area contributed by atoms with Crippen LogP contribution in [0.4, 0.5) is 13.2 Å². The van der Waals surface area contributed by atoms with Crippen LogP contribution in [0, 0.1) is 5.41 Å². The van der Waals surface area contributed by atoms with Gasteiger partial charge in [0.05, 0.1) is 11.7 Å². The maximum atomic E-state index is 12.6. The molecule has 2 nitrogen and oxygen atoms in total. The van der Waals surface area contributed by atoms with Gasteiger partial charge in [-0.05, 0) is 30.4 Å². The lowest BCUT2D eigenvalue weighted by atomic mass is 9.87. The van der Waals surface area contributed by atoms with E-state index in [4.69, 9.17) is 0 Å². The quantitative estimate of drug-likeness (QED) is 0.839. The molecule has 114 valence electrons. The van der Waals surface area contributed by atoms with Gasteiger partial charge in [-0.3, -0.25) is 0 Å². The molecule has 0 aliphatic carbocycles. The van der Waals surface area contributed by atoms with Crippen molar-refractivity contribution in [3.05, 3.63) is 35.4 Å². The minimum Gasteiger partial charge on any atom is -0.393 e. The molecule has 5 heteroatoms. The van der Waals surface area contributed by atoms with Gasteiger partial charge in [-0.1, -0.05) is 32.0 Å². The summed E-state index contributed by atoms with van der Waals surface area (Å²) in [6, 6.07) is 5.32. The molecule has 0 aliphatic heterocycles. The van der Waals surface area contributed by atoms with Crippen molar-refractivity contribution >= 4 is 0 Å². The summed E-state index contributed by atoms with van der Waals surface area (Å²) in [5, 5.41) is 12.5. The second kappa shape index (κ2) is 6.59. The molecular weight excluding hydrogens is 267 g/mol. The predicted molar refractivity (Wildman–Crippen MR) is 73.2 cm³/mol. The highest BCUT2D eigenvalue weighted by Gasteiger charge is 2.30. The molecule has 0 aromatic heterocycles. The van der Waals surface area contributed by atoms with Crippen molar-refractivity contribution in [3.8, 4) is 0 Å². The van der Waals surface area contributed by atoms with Crippen molar-refractivity contribution in [2.75, 3.05) is 6.54 Å². The fraction of sp³-hybridized carbons (Fsp3) is 0.600. The largest absolute Gasteiger partial charge is 0.416 e. The van der Waals surface area contributed by atoms with Crippen LogP contribution >= 0.6 is 0 Å². The number of hydrogen-bond donors (Lipinski definition) is 2. The van der Waals surface area contributed by atoms with Crippen LogP contribution in [0.15, 0.2) is 24.3 Å². The molecule has 1 rings (SSSR count). The van der Waals surface area contributed by atoms with Crippen molar-refractivity contribution in [2.24, 2.45) is 5.41 Å². The molecule has 1 aromatic rings. The van der Waals surface area contributed by atoms with E-state index in [0.29, 0.717) is 25.1 Å². The van der Waals surface area contributed by atoms with E-state index in [-0.39, 0.29) is 11.5 Å². The van der Waals surface area contributed by atoms with Gasteiger partial charge >= 0.3 is 6.18 Å². The van der Waals surface area contributed by atoms with Gasteiger partial charge in [-0.25, -0.2) is 0 Å². The molecule has 0 fully saturated rings. The Morgan fingerprint density at radius 1 is 1.25 bits per heavy atom. The van der Waals surface area contributed by atoms with E-state index in [1.165, 1.54) is 6.07 Å². The van der Waals surface area contributed by atoms with E-state index in [9.17, 15) is 18.3 Å². The number of nitrogens with one attached hydrogen (secondary N) is 1. The zero-order valence-electron chi connectivity index (χ0n) is 12.1. The monoisotopic (exact) mass is 289 g/mol. The Hall–Kier alpha value is -1.07. The van der Waals surface area contributed by atoms with Crippen molar-refractivity contribution in [1.82, 2.24) is 5.32 Å². The number of alkyl halides is 3. The zero-order valence-corrected chi connectivity index (χ0v) is 12.1. The van der Waals surface area contributed by atoms with Crippen LogP contribution in [0.25, 0.3) is 0 Å². The molecule has 1 atom stereocenters. The van der Waals surface area contributed by atoms with Crippen molar-refractivity contribution < 1.29 is 18.3 Å². The first kappa shape index (κ1) is 17.0. The molecule has 0 amide bonds. The Morgan fingerprint density at radius 2 is 1.90 bits per heavy atom. The lowest BCUT2D eigenvalue weighted by Gasteiger charge is -2.26. The fourth-order valence-electron chi connectivity index (χ4n) is 2.27. The maximum absolute atomic E-state index is 12.6. The summed E-state index contributed by atoms with van der Waals surface area (Å²) >= 11 is 0. The lowest BCUT2D eigenvalue weighted by molar-refractivity contribution is -0.137. The summed E-state index contributed by atoms with van der Waals surface area (Å²) in [6.07, 6.45) is -4.05. The Bertz CT molecular complexity index is 427.